The number of halogens is 1. The van der Waals surface area contributed by atoms with E-state index in [-0.39, 0.29) is 11.4 Å². The van der Waals surface area contributed by atoms with E-state index >= 15 is 0 Å². The standard InChI is InChI=1S/C17H20FNO3S/c1-3-13-5-4-6-16(11-13)23(21,22)19-12-17(2,20)14-7-9-15(18)10-8-14/h4-11,19-20H,3,12H2,1-2H3. The summed E-state index contributed by atoms with van der Waals surface area (Å²) >= 11 is 0. The molecule has 0 fully saturated rings. The molecule has 23 heavy (non-hydrogen) atoms. The molecule has 2 aromatic rings. The zero-order valence-electron chi connectivity index (χ0n) is 13.1. The molecule has 2 rings (SSSR count). The molecule has 6 heteroatoms. The number of sulfonamides is 1. The van der Waals surface area contributed by atoms with Crippen molar-refractivity contribution < 1.29 is 17.9 Å². The third-order valence-corrected chi connectivity index (χ3v) is 5.09. The first-order chi connectivity index (χ1) is 10.7. The van der Waals surface area contributed by atoms with E-state index in [0.717, 1.165) is 12.0 Å². The second-order valence-electron chi connectivity index (χ2n) is 5.61. The molecule has 0 aromatic heterocycles. The smallest absolute Gasteiger partial charge is 0.240 e. The largest absolute Gasteiger partial charge is 0.384 e. The van der Waals surface area contributed by atoms with Crippen molar-refractivity contribution in [2.24, 2.45) is 0 Å². The highest BCUT2D eigenvalue weighted by atomic mass is 32.2. The van der Waals surface area contributed by atoms with E-state index in [1.807, 2.05) is 13.0 Å². The Kier molecular flexibility index (Phi) is 5.19. The summed E-state index contributed by atoms with van der Waals surface area (Å²) in [6.07, 6.45) is 0.733. The minimum absolute atomic E-state index is 0.159. The van der Waals surface area contributed by atoms with Crippen LogP contribution in [-0.2, 0) is 22.0 Å². The van der Waals surface area contributed by atoms with Crippen LogP contribution in [0.5, 0.6) is 0 Å². The summed E-state index contributed by atoms with van der Waals surface area (Å²) in [7, 11) is -3.73. The van der Waals surface area contributed by atoms with Crippen LogP contribution in [0.15, 0.2) is 53.4 Å². The van der Waals surface area contributed by atoms with Gasteiger partial charge in [-0.15, -0.1) is 0 Å². The zero-order valence-corrected chi connectivity index (χ0v) is 13.9. The van der Waals surface area contributed by atoms with E-state index in [9.17, 15) is 17.9 Å². The molecule has 0 bridgehead atoms. The van der Waals surface area contributed by atoms with Crippen LogP contribution in [0.4, 0.5) is 4.39 Å². The summed E-state index contributed by atoms with van der Waals surface area (Å²) in [5.41, 5.74) is -0.0922. The van der Waals surface area contributed by atoms with Crippen LogP contribution in [-0.4, -0.2) is 20.1 Å². The molecule has 0 aliphatic carbocycles. The first-order valence-electron chi connectivity index (χ1n) is 7.31. The van der Waals surface area contributed by atoms with Gasteiger partial charge >= 0.3 is 0 Å². The molecule has 0 aliphatic heterocycles. The monoisotopic (exact) mass is 337 g/mol. The molecule has 0 saturated carbocycles. The zero-order chi connectivity index (χ0) is 17.1. The molecule has 1 unspecified atom stereocenters. The van der Waals surface area contributed by atoms with Crippen molar-refractivity contribution in [3.63, 3.8) is 0 Å². The summed E-state index contributed by atoms with van der Waals surface area (Å²) in [5, 5.41) is 10.4. The highest BCUT2D eigenvalue weighted by Gasteiger charge is 2.26. The van der Waals surface area contributed by atoms with Gasteiger partial charge in [-0.25, -0.2) is 17.5 Å². The van der Waals surface area contributed by atoms with Crippen LogP contribution < -0.4 is 4.72 Å². The Bertz CT molecular complexity index is 771. The van der Waals surface area contributed by atoms with Gasteiger partial charge in [0.05, 0.1) is 4.90 Å². The Morgan fingerprint density at radius 3 is 2.43 bits per heavy atom. The molecule has 0 amide bonds. The van der Waals surface area contributed by atoms with Crippen molar-refractivity contribution >= 4 is 10.0 Å². The lowest BCUT2D eigenvalue weighted by Gasteiger charge is -2.24. The normalized spacial score (nSPS) is 14.4. The van der Waals surface area contributed by atoms with E-state index in [2.05, 4.69) is 4.72 Å². The fourth-order valence-electron chi connectivity index (χ4n) is 2.16. The highest BCUT2D eigenvalue weighted by Crippen LogP contribution is 2.21. The molecular formula is C17H20FNO3S. The van der Waals surface area contributed by atoms with Crippen LogP contribution >= 0.6 is 0 Å². The van der Waals surface area contributed by atoms with Crippen LogP contribution in [0.25, 0.3) is 0 Å². The van der Waals surface area contributed by atoms with Crippen molar-refractivity contribution in [3.8, 4) is 0 Å². The second-order valence-corrected chi connectivity index (χ2v) is 7.37. The van der Waals surface area contributed by atoms with Gasteiger partial charge < -0.3 is 5.11 Å². The van der Waals surface area contributed by atoms with E-state index < -0.39 is 21.4 Å². The minimum atomic E-state index is -3.73. The van der Waals surface area contributed by atoms with Gasteiger partial charge in [-0.05, 0) is 48.7 Å². The molecule has 4 nitrogen and oxygen atoms in total. The number of nitrogens with one attached hydrogen (secondary N) is 1. The number of benzene rings is 2. The predicted molar refractivity (Wildman–Crippen MR) is 87.0 cm³/mol. The van der Waals surface area contributed by atoms with Gasteiger partial charge in [0.25, 0.3) is 0 Å². The molecule has 0 spiro atoms. The Hall–Kier alpha value is -1.76. The highest BCUT2D eigenvalue weighted by molar-refractivity contribution is 7.89. The minimum Gasteiger partial charge on any atom is -0.384 e. The maximum Gasteiger partial charge on any atom is 0.240 e. The van der Waals surface area contributed by atoms with Gasteiger partial charge in [0, 0.05) is 6.54 Å². The van der Waals surface area contributed by atoms with E-state index in [1.54, 1.807) is 12.1 Å². The molecule has 2 N–H and O–H groups in total. The second kappa shape index (κ2) is 6.78. The molecule has 0 radical (unpaired) electrons. The maximum absolute atomic E-state index is 12.9. The Morgan fingerprint density at radius 2 is 1.83 bits per heavy atom. The van der Waals surface area contributed by atoms with Crippen LogP contribution in [0.3, 0.4) is 0 Å². The van der Waals surface area contributed by atoms with Gasteiger partial charge in [-0.1, -0.05) is 31.2 Å². The lowest BCUT2D eigenvalue weighted by atomic mass is 9.96. The van der Waals surface area contributed by atoms with Gasteiger partial charge in [-0.2, -0.15) is 0 Å². The Balaban J connectivity index is 2.16. The Labute approximate surface area is 136 Å². The summed E-state index contributed by atoms with van der Waals surface area (Å²) in [5.74, 6) is -0.415. The lowest BCUT2D eigenvalue weighted by molar-refractivity contribution is 0.0627. The van der Waals surface area contributed by atoms with Crippen molar-refractivity contribution in [2.75, 3.05) is 6.54 Å². The van der Waals surface area contributed by atoms with Gasteiger partial charge in [0.1, 0.15) is 11.4 Å². The fraction of sp³-hybridized carbons (Fsp3) is 0.294. The van der Waals surface area contributed by atoms with Gasteiger partial charge in [-0.3, -0.25) is 0 Å². The molecular weight excluding hydrogens is 317 g/mol. The number of hydrogen-bond acceptors (Lipinski definition) is 3. The van der Waals surface area contributed by atoms with E-state index in [0.29, 0.717) is 5.56 Å². The first-order valence-corrected chi connectivity index (χ1v) is 8.80. The van der Waals surface area contributed by atoms with Crippen molar-refractivity contribution in [2.45, 2.75) is 30.8 Å². The number of hydrogen-bond donors (Lipinski definition) is 2. The molecule has 0 saturated heterocycles. The molecule has 1 atom stereocenters. The summed E-state index contributed by atoms with van der Waals surface area (Å²) < 4.78 is 40.1. The molecule has 0 heterocycles. The Morgan fingerprint density at radius 1 is 1.17 bits per heavy atom. The van der Waals surface area contributed by atoms with Gasteiger partial charge in [0.15, 0.2) is 0 Å². The number of rotatable bonds is 6. The van der Waals surface area contributed by atoms with Crippen molar-refractivity contribution in [1.29, 1.82) is 0 Å². The summed E-state index contributed by atoms with van der Waals surface area (Å²) in [4.78, 5) is 0.159. The maximum atomic E-state index is 12.9. The molecule has 2 aromatic carbocycles. The number of aryl methyl sites for hydroxylation is 1. The van der Waals surface area contributed by atoms with Crippen LogP contribution in [0, 0.1) is 5.82 Å². The number of aliphatic hydroxyl groups is 1. The molecule has 0 aliphatic rings. The fourth-order valence-corrected chi connectivity index (χ4v) is 3.36. The SMILES string of the molecule is CCc1cccc(S(=O)(=O)NCC(C)(O)c2ccc(F)cc2)c1. The predicted octanol–water partition coefficient (Wildman–Crippen LogP) is 2.57. The van der Waals surface area contributed by atoms with Gasteiger partial charge in [0.2, 0.25) is 10.0 Å². The van der Waals surface area contributed by atoms with Crippen LogP contribution in [0.1, 0.15) is 25.0 Å². The molecule has 124 valence electrons. The quantitative estimate of drug-likeness (QED) is 0.851. The van der Waals surface area contributed by atoms with E-state index in [1.165, 1.54) is 37.3 Å². The van der Waals surface area contributed by atoms with Crippen molar-refractivity contribution in [3.05, 3.63) is 65.5 Å². The van der Waals surface area contributed by atoms with Crippen molar-refractivity contribution in [1.82, 2.24) is 4.72 Å². The summed E-state index contributed by atoms with van der Waals surface area (Å²) in [6, 6.07) is 12.0. The third-order valence-electron chi connectivity index (χ3n) is 3.69. The average molecular weight is 337 g/mol. The summed E-state index contributed by atoms with van der Waals surface area (Å²) in [6.45, 7) is 3.21. The topological polar surface area (TPSA) is 66.4 Å². The van der Waals surface area contributed by atoms with Crippen LogP contribution in [0.2, 0.25) is 0 Å². The first kappa shape index (κ1) is 17.6. The lowest BCUT2D eigenvalue weighted by Crippen LogP contribution is -2.38. The average Bonchev–Trinajstić information content (AvgIpc) is 2.54. The van der Waals surface area contributed by atoms with E-state index in [4.69, 9.17) is 0 Å². The third kappa shape index (κ3) is 4.37.